The molecule has 1 atom stereocenters. The molecule has 110 valence electrons. The minimum atomic E-state index is 0.216. The Balaban J connectivity index is 2.53. The van der Waals surface area contributed by atoms with Gasteiger partial charge in [0.15, 0.2) is 0 Å². The summed E-state index contributed by atoms with van der Waals surface area (Å²) < 4.78 is 12.4. The van der Waals surface area contributed by atoms with Crippen LogP contribution >= 0.6 is 0 Å². The maximum absolute atomic E-state index is 6.03. The van der Waals surface area contributed by atoms with Crippen LogP contribution in [0.4, 0.5) is 0 Å². The standard InChI is InChI=1S/C14H27N3O2/c1-5-13(15)10-14-11(2)16-17(12(14)3)6-7-19-9-8-18-4/h13H,5-10,15H2,1-4H3. The zero-order valence-corrected chi connectivity index (χ0v) is 12.6. The number of rotatable bonds is 9. The Kier molecular flexibility index (Phi) is 7.05. The van der Waals surface area contributed by atoms with Crippen LogP contribution in [0.25, 0.3) is 0 Å². The van der Waals surface area contributed by atoms with E-state index in [0.29, 0.717) is 19.8 Å². The first-order valence-corrected chi connectivity index (χ1v) is 6.95. The minimum absolute atomic E-state index is 0.216. The first kappa shape index (κ1) is 16.1. The number of nitrogens with two attached hydrogens (primary N) is 1. The molecule has 0 radical (unpaired) electrons. The molecule has 0 aliphatic rings. The molecule has 0 saturated carbocycles. The number of nitrogens with zero attached hydrogens (tertiary/aromatic N) is 2. The molecule has 0 aliphatic carbocycles. The van der Waals surface area contributed by atoms with Crippen LogP contribution in [0.5, 0.6) is 0 Å². The van der Waals surface area contributed by atoms with Crippen molar-refractivity contribution in [1.82, 2.24) is 9.78 Å². The highest BCUT2D eigenvalue weighted by Crippen LogP contribution is 2.15. The van der Waals surface area contributed by atoms with E-state index in [9.17, 15) is 0 Å². The van der Waals surface area contributed by atoms with Gasteiger partial charge < -0.3 is 15.2 Å². The number of hydrogen-bond acceptors (Lipinski definition) is 4. The average Bonchev–Trinajstić information content (AvgIpc) is 2.66. The molecule has 5 nitrogen and oxygen atoms in total. The fraction of sp³-hybridized carbons (Fsp3) is 0.786. The van der Waals surface area contributed by atoms with E-state index in [2.05, 4.69) is 18.9 Å². The van der Waals surface area contributed by atoms with E-state index in [1.807, 2.05) is 11.6 Å². The van der Waals surface area contributed by atoms with Gasteiger partial charge in [-0.2, -0.15) is 5.10 Å². The third-order valence-corrected chi connectivity index (χ3v) is 3.40. The van der Waals surface area contributed by atoms with Gasteiger partial charge in [-0.1, -0.05) is 6.92 Å². The molecule has 19 heavy (non-hydrogen) atoms. The van der Waals surface area contributed by atoms with Crippen molar-refractivity contribution >= 4 is 0 Å². The minimum Gasteiger partial charge on any atom is -0.382 e. The lowest BCUT2D eigenvalue weighted by Gasteiger charge is -2.09. The van der Waals surface area contributed by atoms with Crippen LogP contribution < -0.4 is 5.73 Å². The van der Waals surface area contributed by atoms with Crippen LogP contribution in [0.3, 0.4) is 0 Å². The summed E-state index contributed by atoms with van der Waals surface area (Å²) in [6, 6.07) is 0.216. The Morgan fingerprint density at radius 1 is 1.26 bits per heavy atom. The lowest BCUT2D eigenvalue weighted by Crippen LogP contribution is -2.22. The van der Waals surface area contributed by atoms with Gasteiger partial charge >= 0.3 is 0 Å². The van der Waals surface area contributed by atoms with Gasteiger partial charge in [-0.25, -0.2) is 0 Å². The molecule has 1 heterocycles. The Bertz CT molecular complexity index is 377. The SMILES string of the molecule is CCC(N)Cc1c(C)nn(CCOCCOC)c1C. The van der Waals surface area contributed by atoms with Gasteiger partial charge in [-0.15, -0.1) is 0 Å². The van der Waals surface area contributed by atoms with Crippen molar-refractivity contribution in [2.24, 2.45) is 5.73 Å². The van der Waals surface area contributed by atoms with E-state index in [0.717, 1.165) is 25.1 Å². The quantitative estimate of drug-likeness (QED) is 0.689. The van der Waals surface area contributed by atoms with Crippen LogP contribution in [0, 0.1) is 13.8 Å². The molecule has 0 fully saturated rings. The van der Waals surface area contributed by atoms with Crippen molar-refractivity contribution in [2.45, 2.75) is 46.2 Å². The molecule has 1 aromatic rings. The number of aryl methyl sites for hydroxylation is 1. The molecule has 0 saturated heterocycles. The fourth-order valence-corrected chi connectivity index (χ4v) is 2.05. The molecule has 1 aromatic heterocycles. The molecule has 0 spiro atoms. The van der Waals surface area contributed by atoms with Crippen LogP contribution in [0.15, 0.2) is 0 Å². The third kappa shape index (κ3) is 4.93. The van der Waals surface area contributed by atoms with Gasteiger partial charge in [0.25, 0.3) is 0 Å². The predicted molar refractivity (Wildman–Crippen MR) is 76.4 cm³/mol. The Morgan fingerprint density at radius 3 is 2.63 bits per heavy atom. The molecule has 5 heteroatoms. The van der Waals surface area contributed by atoms with Gasteiger partial charge in [0.1, 0.15) is 0 Å². The molecule has 0 aromatic carbocycles. The summed E-state index contributed by atoms with van der Waals surface area (Å²) in [7, 11) is 1.67. The Hall–Kier alpha value is -0.910. The maximum Gasteiger partial charge on any atom is 0.0701 e. The zero-order chi connectivity index (χ0) is 14.3. The summed E-state index contributed by atoms with van der Waals surface area (Å²) in [5.74, 6) is 0. The Morgan fingerprint density at radius 2 is 2.00 bits per heavy atom. The summed E-state index contributed by atoms with van der Waals surface area (Å²) in [4.78, 5) is 0. The molecule has 0 aliphatic heterocycles. The smallest absolute Gasteiger partial charge is 0.0701 e. The van der Waals surface area contributed by atoms with Crippen molar-refractivity contribution < 1.29 is 9.47 Å². The highest BCUT2D eigenvalue weighted by Gasteiger charge is 2.13. The van der Waals surface area contributed by atoms with E-state index in [1.165, 1.54) is 11.3 Å². The summed E-state index contributed by atoms with van der Waals surface area (Å²) in [5.41, 5.74) is 9.60. The average molecular weight is 269 g/mol. The van der Waals surface area contributed by atoms with E-state index < -0.39 is 0 Å². The van der Waals surface area contributed by atoms with E-state index in [1.54, 1.807) is 7.11 Å². The van der Waals surface area contributed by atoms with Crippen LogP contribution in [0.1, 0.15) is 30.3 Å². The van der Waals surface area contributed by atoms with E-state index in [4.69, 9.17) is 15.2 Å². The van der Waals surface area contributed by atoms with Crippen LogP contribution in [-0.2, 0) is 22.4 Å². The van der Waals surface area contributed by atoms with Gasteiger partial charge in [-0.3, -0.25) is 4.68 Å². The highest BCUT2D eigenvalue weighted by molar-refractivity contribution is 5.25. The van der Waals surface area contributed by atoms with E-state index >= 15 is 0 Å². The van der Waals surface area contributed by atoms with Crippen LogP contribution in [0.2, 0.25) is 0 Å². The number of hydrogen-bond donors (Lipinski definition) is 1. The molecular weight excluding hydrogens is 242 g/mol. The third-order valence-electron chi connectivity index (χ3n) is 3.40. The topological polar surface area (TPSA) is 62.3 Å². The zero-order valence-electron chi connectivity index (χ0n) is 12.6. The highest BCUT2D eigenvalue weighted by atomic mass is 16.5. The largest absolute Gasteiger partial charge is 0.382 e. The van der Waals surface area contributed by atoms with Gasteiger partial charge in [-0.05, 0) is 32.3 Å². The monoisotopic (exact) mass is 269 g/mol. The van der Waals surface area contributed by atoms with Gasteiger partial charge in [0, 0.05) is 18.8 Å². The normalized spacial score (nSPS) is 12.9. The molecule has 1 unspecified atom stereocenters. The molecule has 0 bridgehead atoms. The molecule has 0 amide bonds. The van der Waals surface area contributed by atoms with Gasteiger partial charge in [0.05, 0.1) is 32.1 Å². The second-order valence-electron chi connectivity index (χ2n) is 4.85. The number of methoxy groups -OCH3 is 1. The lowest BCUT2D eigenvalue weighted by molar-refractivity contribution is 0.0651. The lowest BCUT2D eigenvalue weighted by atomic mass is 10.0. The van der Waals surface area contributed by atoms with Crippen molar-refractivity contribution in [2.75, 3.05) is 26.9 Å². The Labute approximate surface area is 116 Å². The van der Waals surface area contributed by atoms with Crippen molar-refractivity contribution in [3.63, 3.8) is 0 Å². The number of ether oxygens (including phenoxy) is 2. The predicted octanol–water partition coefficient (Wildman–Crippen LogP) is 1.44. The summed E-state index contributed by atoms with van der Waals surface area (Å²) in [5, 5.41) is 4.57. The summed E-state index contributed by atoms with van der Waals surface area (Å²) >= 11 is 0. The fourth-order valence-electron chi connectivity index (χ4n) is 2.05. The van der Waals surface area contributed by atoms with Crippen molar-refractivity contribution in [3.05, 3.63) is 17.0 Å². The van der Waals surface area contributed by atoms with Crippen molar-refractivity contribution in [1.29, 1.82) is 0 Å². The molecule has 1 rings (SSSR count). The second-order valence-corrected chi connectivity index (χ2v) is 4.85. The summed E-state index contributed by atoms with van der Waals surface area (Å²) in [6.07, 6.45) is 1.89. The maximum atomic E-state index is 6.03. The van der Waals surface area contributed by atoms with Crippen LogP contribution in [-0.4, -0.2) is 42.8 Å². The first-order valence-electron chi connectivity index (χ1n) is 6.95. The summed E-state index contributed by atoms with van der Waals surface area (Å²) in [6.45, 7) is 8.96. The van der Waals surface area contributed by atoms with Crippen molar-refractivity contribution in [3.8, 4) is 0 Å². The van der Waals surface area contributed by atoms with Gasteiger partial charge in [0.2, 0.25) is 0 Å². The molecular formula is C14H27N3O2. The molecule has 2 N–H and O–H groups in total. The first-order chi connectivity index (χ1) is 9.10. The second kappa shape index (κ2) is 8.30. The number of aromatic nitrogens is 2. The van der Waals surface area contributed by atoms with E-state index in [-0.39, 0.29) is 6.04 Å².